The fourth-order valence-electron chi connectivity index (χ4n) is 4.38. The minimum Gasteiger partial charge on any atom is -0.493 e. The number of hydrogen-bond acceptors (Lipinski definition) is 7. The minimum atomic E-state index is -0.819. The number of fused-ring (bicyclic) bond motifs is 4. The summed E-state index contributed by atoms with van der Waals surface area (Å²) < 4.78 is 32.4. The molecular weight excluding hydrogens is 569 g/mol. The van der Waals surface area contributed by atoms with Gasteiger partial charge in [0, 0.05) is 37.1 Å². The topological polar surface area (TPSA) is 124 Å². The number of halogens is 2. The molecule has 0 radical (unpaired) electrons. The van der Waals surface area contributed by atoms with E-state index in [1.54, 1.807) is 18.3 Å². The molecule has 0 aliphatic carbocycles. The van der Waals surface area contributed by atoms with Crippen molar-refractivity contribution in [3.8, 4) is 28.6 Å². The first-order valence-corrected chi connectivity index (χ1v) is 13.8. The van der Waals surface area contributed by atoms with Crippen LogP contribution < -0.4 is 24.8 Å². The molecule has 0 spiro atoms. The summed E-state index contributed by atoms with van der Waals surface area (Å²) in [6.07, 6.45) is 3.48. The molecule has 13 heteroatoms. The molecule has 1 aromatic heterocycles. The highest BCUT2D eigenvalue weighted by atomic mass is 35.5. The summed E-state index contributed by atoms with van der Waals surface area (Å²) in [6, 6.07) is 8.30. The van der Waals surface area contributed by atoms with E-state index in [1.165, 1.54) is 24.1 Å². The van der Waals surface area contributed by atoms with E-state index in [-0.39, 0.29) is 42.3 Å². The van der Waals surface area contributed by atoms with Gasteiger partial charge in [0.1, 0.15) is 30.0 Å². The number of aromatic nitrogens is 2. The number of rotatable bonds is 5. The molecule has 0 saturated carbocycles. The molecule has 42 heavy (non-hydrogen) atoms. The first-order valence-electron chi connectivity index (χ1n) is 13.4. The summed E-state index contributed by atoms with van der Waals surface area (Å²) >= 11 is 5.81. The third kappa shape index (κ3) is 7.69. The fourth-order valence-corrected chi connectivity index (χ4v) is 4.55. The van der Waals surface area contributed by atoms with Crippen molar-refractivity contribution in [3.05, 3.63) is 59.6 Å². The molecular formula is C29H33ClFN5O6. The highest BCUT2D eigenvalue weighted by Gasteiger charge is 2.26. The number of nitrogens with one attached hydrogen (secondary N) is 2. The number of amides is 3. The summed E-state index contributed by atoms with van der Waals surface area (Å²) in [4.78, 5) is 45.0. The van der Waals surface area contributed by atoms with Gasteiger partial charge in [0.05, 0.1) is 25.2 Å². The Morgan fingerprint density at radius 2 is 2.02 bits per heavy atom. The van der Waals surface area contributed by atoms with Crippen LogP contribution >= 0.6 is 11.6 Å². The Morgan fingerprint density at radius 3 is 2.76 bits per heavy atom. The largest absolute Gasteiger partial charge is 0.493 e. The predicted octanol–water partition coefficient (Wildman–Crippen LogP) is 2.91. The lowest BCUT2D eigenvalue weighted by molar-refractivity contribution is -0.139. The molecule has 2 bridgehead atoms. The third-order valence-corrected chi connectivity index (χ3v) is 6.90. The highest BCUT2D eigenvalue weighted by Crippen LogP contribution is 2.32. The summed E-state index contributed by atoms with van der Waals surface area (Å²) in [5.41, 5.74) is 0.766. The summed E-state index contributed by atoms with van der Waals surface area (Å²) in [5.74, 6) is -0.453. The Hall–Kier alpha value is -4.32. The van der Waals surface area contributed by atoms with Gasteiger partial charge in [0.2, 0.25) is 11.8 Å². The average molecular weight is 602 g/mol. The number of hydrogen-bond donors (Lipinski definition) is 2. The number of benzene rings is 2. The first-order chi connectivity index (χ1) is 20.2. The van der Waals surface area contributed by atoms with E-state index in [4.69, 9.17) is 25.8 Å². The molecule has 1 aliphatic rings. The van der Waals surface area contributed by atoms with Gasteiger partial charge < -0.3 is 34.3 Å². The Bertz CT molecular complexity index is 1430. The monoisotopic (exact) mass is 601 g/mol. The van der Waals surface area contributed by atoms with Gasteiger partial charge in [-0.2, -0.15) is 0 Å². The molecule has 3 aromatic rings. The molecule has 2 heterocycles. The standard InChI is InChI=1S/C29H33ClFN5O6/c1-18(2)27-29(39)33-9-11-35-10-8-32-28(35)19-4-7-23(40-3)24(14-19)41-13-12-36(16-25(37)34-27)26(38)17-42-20-5-6-22(31)21(30)15-20/h4-8,10,14-15,18,27H,9,11-13,16-17H2,1-3H3,(H,33,39)(H,34,37)/t27-/m1/s1. The molecule has 1 atom stereocenters. The van der Waals surface area contributed by atoms with Gasteiger partial charge in [-0.15, -0.1) is 0 Å². The van der Waals surface area contributed by atoms with E-state index >= 15 is 0 Å². The van der Waals surface area contributed by atoms with Gasteiger partial charge in [-0.3, -0.25) is 14.4 Å². The summed E-state index contributed by atoms with van der Waals surface area (Å²) in [5, 5.41) is 5.48. The third-order valence-electron chi connectivity index (χ3n) is 6.61. The highest BCUT2D eigenvalue weighted by molar-refractivity contribution is 6.30. The zero-order valence-corrected chi connectivity index (χ0v) is 24.3. The maximum atomic E-state index is 13.5. The van der Waals surface area contributed by atoms with Crippen LogP contribution in [0.25, 0.3) is 11.4 Å². The molecule has 2 aromatic carbocycles. The van der Waals surface area contributed by atoms with E-state index in [2.05, 4.69) is 15.6 Å². The van der Waals surface area contributed by atoms with Gasteiger partial charge >= 0.3 is 0 Å². The Kier molecular flexibility index (Phi) is 10.2. The molecule has 0 unspecified atom stereocenters. The zero-order chi connectivity index (χ0) is 30.2. The van der Waals surface area contributed by atoms with Crippen molar-refractivity contribution in [1.82, 2.24) is 25.1 Å². The summed E-state index contributed by atoms with van der Waals surface area (Å²) in [6.45, 7) is 3.63. The minimum absolute atomic E-state index is 0.0142. The number of carbonyl (C=O) groups excluding carboxylic acids is 3. The Morgan fingerprint density at radius 1 is 1.21 bits per heavy atom. The normalized spacial score (nSPS) is 16.5. The van der Waals surface area contributed by atoms with Crippen molar-refractivity contribution in [2.45, 2.75) is 26.4 Å². The van der Waals surface area contributed by atoms with Crippen molar-refractivity contribution < 1.29 is 33.0 Å². The van der Waals surface area contributed by atoms with Crippen molar-refractivity contribution in [3.63, 3.8) is 0 Å². The van der Waals surface area contributed by atoms with Crippen LogP contribution in [-0.4, -0.2) is 78.2 Å². The summed E-state index contributed by atoms with van der Waals surface area (Å²) in [7, 11) is 1.52. The SMILES string of the molecule is COc1ccc2cc1OCCN(C(=O)COc1ccc(F)c(Cl)c1)CC(=O)N[C@H](C(C)C)C(=O)NCCn1ccnc1-2. The smallest absolute Gasteiger partial charge is 0.261 e. The van der Waals surface area contributed by atoms with E-state index in [1.807, 2.05) is 30.7 Å². The maximum Gasteiger partial charge on any atom is 0.261 e. The molecule has 0 saturated heterocycles. The van der Waals surface area contributed by atoms with Gasteiger partial charge in [0.25, 0.3) is 5.91 Å². The van der Waals surface area contributed by atoms with E-state index in [0.717, 1.165) is 11.6 Å². The maximum absolute atomic E-state index is 13.5. The van der Waals surface area contributed by atoms with Crippen molar-refractivity contribution in [1.29, 1.82) is 0 Å². The Balaban J connectivity index is 1.58. The lowest BCUT2D eigenvalue weighted by Gasteiger charge is -2.26. The molecule has 0 fully saturated rings. The van der Waals surface area contributed by atoms with Gasteiger partial charge in [-0.25, -0.2) is 9.37 Å². The average Bonchev–Trinajstić information content (AvgIpc) is 3.43. The van der Waals surface area contributed by atoms with Crippen molar-refractivity contribution in [2.75, 3.05) is 40.0 Å². The lowest BCUT2D eigenvalue weighted by atomic mass is 10.0. The fraction of sp³-hybridized carbons (Fsp3) is 0.379. The van der Waals surface area contributed by atoms with E-state index in [0.29, 0.717) is 30.4 Å². The molecule has 3 amide bonds. The Labute approximate surface area is 247 Å². The second-order valence-electron chi connectivity index (χ2n) is 9.92. The van der Waals surface area contributed by atoms with Crippen LogP contribution in [0.15, 0.2) is 48.8 Å². The second kappa shape index (κ2) is 14.0. The van der Waals surface area contributed by atoms with Gasteiger partial charge in [0.15, 0.2) is 18.1 Å². The van der Waals surface area contributed by atoms with Gasteiger partial charge in [-0.05, 0) is 36.2 Å². The molecule has 1 aliphatic heterocycles. The van der Waals surface area contributed by atoms with Crippen LogP contribution in [0, 0.1) is 11.7 Å². The number of ether oxygens (including phenoxy) is 3. The van der Waals surface area contributed by atoms with Crippen LogP contribution in [0.1, 0.15) is 13.8 Å². The van der Waals surface area contributed by atoms with Crippen LogP contribution in [0.3, 0.4) is 0 Å². The number of carbonyl (C=O) groups is 3. The quantitative estimate of drug-likeness (QED) is 0.461. The van der Waals surface area contributed by atoms with E-state index in [9.17, 15) is 18.8 Å². The van der Waals surface area contributed by atoms with Crippen LogP contribution in [0.2, 0.25) is 5.02 Å². The van der Waals surface area contributed by atoms with E-state index < -0.39 is 30.3 Å². The lowest BCUT2D eigenvalue weighted by Crippen LogP contribution is -2.53. The second-order valence-corrected chi connectivity index (χ2v) is 10.3. The molecule has 4 rings (SSSR count). The number of methoxy groups -OCH3 is 1. The predicted molar refractivity (Wildman–Crippen MR) is 153 cm³/mol. The van der Waals surface area contributed by atoms with Crippen molar-refractivity contribution in [2.24, 2.45) is 5.92 Å². The molecule has 224 valence electrons. The zero-order valence-electron chi connectivity index (χ0n) is 23.6. The van der Waals surface area contributed by atoms with Gasteiger partial charge in [-0.1, -0.05) is 25.4 Å². The number of imidazole rings is 1. The number of nitrogens with zero attached hydrogens (tertiary/aromatic N) is 3. The molecule has 11 nitrogen and oxygen atoms in total. The molecule has 2 N–H and O–H groups in total. The van der Waals surface area contributed by atoms with Crippen LogP contribution in [0.4, 0.5) is 4.39 Å². The first kappa shape index (κ1) is 30.6. The van der Waals surface area contributed by atoms with Crippen LogP contribution in [-0.2, 0) is 20.9 Å². The van der Waals surface area contributed by atoms with Crippen LogP contribution in [0.5, 0.6) is 17.2 Å². The van der Waals surface area contributed by atoms with Crippen molar-refractivity contribution >= 4 is 29.3 Å².